The van der Waals surface area contributed by atoms with Gasteiger partial charge in [-0.25, -0.2) is 8.42 Å². The first-order chi connectivity index (χ1) is 14.5. The molecule has 162 valence electrons. The summed E-state index contributed by atoms with van der Waals surface area (Å²) < 4.78 is 43.9. The quantitative estimate of drug-likeness (QED) is 0.703. The van der Waals surface area contributed by atoms with Crippen molar-refractivity contribution < 1.29 is 27.2 Å². The van der Waals surface area contributed by atoms with Gasteiger partial charge in [0, 0.05) is 43.7 Å². The lowest BCUT2D eigenvalue weighted by molar-refractivity contribution is -0.140. The summed E-state index contributed by atoms with van der Waals surface area (Å²) in [7, 11) is -2.35. The van der Waals surface area contributed by atoms with Crippen LogP contribution in [0.4, 0.5) is 0 Å². The monoisotopic (exact) mass is 435 g/mol. The Balaban J connectivity index is 1.50. The Kier molecular flexibility index (Phi) is 6.07. The number of hydrogen-bond acceptors (Lipinski definition) is 7. The molecule has 0 atom stereocenters. The van der Waals surface area contributed by atoms with Crippen LogP contribution in [0.25, 0.3) is 11.3 Å². The van der Waals surface area contributed by atoms with Crippen LogP contribution in [-0.2, 0) is 19.6 Å². The van der Waals surface area contributed by atoms with E-state index < -0.39 is 10.0 Å². The van der Waals surface area contributed by atoms with Crippen molar-refractivity contribution in [2.24, 2.45) is 5.92 Å². The molecule has 1 aromatic carbocycles. The lowest BCUT2D eigenvalue weighted by Gasteiger charge is -2.35. The Labute approximate surface area is 175 Å². The summed E-state index contributed by atoms with van der Waals surface area (Å²) in [5.74, 6) is 0.686. The van der Waals surface area contributed by atoms with Crippen LogP contribution in [0, 0.1) is 5.92 Å². The first-order valence-electron chi connectivity index (χ1n) is 9.96. The molecule has 2 saturated heterocycles. The average Bonchev–Trinajstić information content (AvgIpc) is 3.34. The predicted molar refractivity (Wildman–Crippen MR) is 107 cm³/mol. The summed E-state index contributed by atoms with van der Waals surface area (Å²) in [6.07, 6.45) is 2.50. The first kappa shape index (κ1) is 20.8. The van der Waals surface area contributed by atoms with Gasteiger partial charge in [0.05, 0.1) is 26.5 Å². The highest BCUT2D eigenvalue weighted by Gasteiger charge is 2.35. The molecule has 2 aliphatic rings. The number of methoxy groups -OCH3 is 1. The van der Waals surface area contributed by atoms with E-state index in [4.69, 9.17) is 14.0 Å². The number of hydrogen-bond donors (Lipinski definition) is 0. The Hall–Kier alpha value is -2.43. The van der Waals surface area contributed by atoms with E-state index in [9.17, 15) is 13.2 Å². The van der Waals surface area contributed by atoms with Crippen LogP contribution in [0.3, 0.4) is 0 Å². The van der Waals surface area contributed by atoms with Gasteiger partial charge in [0.25, 0.3) is 0 Å². The summed E-state index contributed by atoms with van der Waals surface area (Å²) in [4.78, 5) is 14.6. The molecule has 4 rings (SSSR count). The van der Waals surface area contributed by atoms with Crippen molar-refractivity contribution >= 4 is 15.9 Å². The third-order valence-electron chi connectivity index (χ3n) is 5.63. The molecule has 2 fully saturated rings. The van der Waals surface area contributed by atoms with E-state index in [0.29, 0.717) is 63.6 Å². The second kappa shape index (κ2) is 8.75. The van der Waals surface area contributed by atoms with Crippen LogP contribution >= 0.6 is 0 Å². The SMILES string of the molecule is COc1ccc(-c2ccno2)cc1S(=O)(=O)N1CCC(C(=O)N2CCOCC2)CC1. The summed E-state index contributed by atoms with van der Waals surface area (Å²) in [5.41, 5.74) is 0.601. The molecule has 10 heteroatoms. The molecule has 2 aromatic rings. The number of carbonyl (C=O) groups excluding carboxylic acids is 1. The number of ether oxygens (including phenoxy) is 2. The molecule has 0 saturated carbocycles. The largest absolute Gasteiger partial charge is 0.495 e. The second-order valence-electron chi connectivity index (χ2n) is 7.36. The normalized spacial score (nSPS) is 19.0. The molecule has 1 amide bonds. The maximum absolute atomic E-state index is 13.4. The molecule has 1 aromatic heterocycles. The zero-order valence-electron chi connectivity index (χ0n) is 16.8. The van der Waals surface area contributed by atoms with Crippen molar-refractivity contribution in [1.82, 2.24) is 14.4 Å². The lowest BCUT2D eigenvalue weighted by atomic mass is 9.96. The molecular formula is C20H25N3O6S. The number of nitrogens with zero attached hydrogens (tertiary/aromatic N) is 3. The van der Waals surface area contributed by atoms with E-state index >= 15 is 0 Å². The molecule has 0 radical (unpaired) electrons. The van der Waals surface area contributed by atoms with E-state index in [1.807, 2.05) is 4.90 Å². The van der Waals surface area contributed by atoms with Gasteiger partial charge >= 0.3 is 0 Å². The third-order valence-corrected chi connectivity index (χ3v) is 7.55. The third kappa shape index (κ3) is 4.07. The van der Waals surface area contributed by atoms with E-state index in [2.05, 4.69) is 5.16 Å². The van der Waals surface area contributed by atoms with Crippen molar-refractivity contribution in [3.8, 4) is 17.1 Å². The van der Waals surface area contributed by atoms with E-state index in [-0.39, 0.29) is 22.5 Å². The van der Waals surface area contributed by atoms with Gasteiger partial charge in [-0.05, 0) is 31.0 Å². The fraction of sp³-hybridized carbons (Fsp3) is 0.500. The Morgan fingerprint density at radius 3 is 2.50 bits per heavy atom. The maximum Gasteiger partial charge on any atom is 0.246 e. The molecule has 3 heterocycles. The molecule has 0 N–H and O–H groups in total. The Morgan fingerprint density at radius 1 is 1.13 bits per heavy atom. The first-order valence-corrected chi connectivity index (χ1v) is 11.4. The smallest absolute Gasteiger partial charge is 0.246 e. The van der Waals surface area contributed by atoms with Gasteiger partial charge in [0.2, 0.25) is 15.9 Å². The minimum atomic E-state index is -3.79. The van der Waals surface area contributed by atoms with Crippen molar-refractivity contribution in [2.75, 3.05) is 46.5 Å². The van der Waals surface area contributed by atoms with Crippen LogP contribution in [0.15, 0.2) is 39.9 Å². The second-order valence-corrected chi connectivity index (χ2v) is 9.26. The molecule has 0 aliphatic carbocycles. The van der Waals surface area contributed by atoms with Crippen LogP contribution in [0.5, 0.6) is 5.75 Å². The van der Waals surface area contributed by atoms with Gasteiger partial charge in [-0.15, -0.1) is 0 Å². The molecular weight excluding hydrogens is 410 g/mol. The van der Waals surface area contributed by atoms with Crippen LogP contribution in [0.2, 0.25) is 0 Å². The molecule has 0 bridgehead atoms. The van der Waals surface area contributed by atoms with Gasteiger partial charge in [0.15, 0.2) is 5.76 Å². The number of piperidine rings is 1. The molecule has 9 nitrogen and oxygen atoms in total. The number of aromatic nitrogens is 1. The van der Waals surface area contributed by atoms with Gasteiger partial charge in [-0.2, -0.15) is 4.31 Å². The minimum absolute atomic E-state index is 0.0804. The zero-order valence-corrected chi connectivity index (χ0v) is 17.6. The lowest BCUT2D eigenvalue weighted by Crippen LogP contribution is -2.47. The van der Waals surface area contributed by atoms with Crippen molar-refractivity contribution in [1.29, 1.82) is 0 Å². The fourth-order valence-electron chi connectivity index (χ4n) is 3.92. The molecule has 0 spiro atoms. The standard InChI is InChI=1S/C20H25N3O6S/c1-27-18-3-2-16(17-4-7-21-29-17)14-19(18)30(25,26)23-8-5-15(6-9-23)20(24)22-10-12-28-13-11-22/h2-4,7,14-15H,5-6,8-13H2,1H3. The molecule has 0 unspecified atom stereocenters. The highest BCUT2D eigenvalue weighted by molar-refractivity contribution is 7.89. The van der Waals surface area contributed by atoms with Crippen molar-refractivity contribution in [3.05, 3.63) is 30.5 Å². The minimum Gasteiger partial charge on any atom is -0.495 e. The Bertz CT molecular complexity index is 978. The summed E-state index contributed by atoms with van der Waals surface area (Å²) >= 11 is 0. The number of sulfonamides is 1. The summed E-state index contributed by atoms with van der Waals surface area (Å²) in [6.45, 7) is 2.89. The number of carbonyl (C=O) groups is 1. The summed E-state index contributed by atoms with van der Waals surface area (Å²) in [6, 6.07) is 6.55. The molecule has 2 aliphatic heterocycles. The highest BCUT2D eigenvalue weighted by Crippen LogP contribution is 2.33. The van der Waals surface area contributed by atoms with Gasteiger partial charge in [0.1, 0.15) is 10.6 Å². The molecule has 30 heavy (non-hydrogen) atoms. The predicted octanol–water partition coefficient (Wildman–Crippen LogP) is 1.61. The van der Waals surface area contributed by atoms with Crippen LogP contribution < -0.4 is 4.74 Å². The van der Waals surface area contributed by atoms with Gasteiger partial charge in [-0.3, -0.25) is 4.79 Å². The van der Waals surface area contributed by atoms with Crippen molar-refractivity contribution in [3.63, 3.8) is 0 Å². The highest BCUT2D eigenvalue weighted by atomic mass is 32.2. The number of amides is 1. The number of morpholine rings is 1. The fourth-order valence-corrected chi connectivity index (χ4v) is 5.57. The van der Waals surface area contributed by atoms with Crippen molar-refractivity contribution in [2.45, 2.75) is 17.7 Å². The van der Waals surface area contributed by atoms with E-state index in [1.165, 1.54) is 17.6 Å². The maximum atomic E-state index is 13.4. The number of rotatable bonds is 5. The van der Waals surface area contributed by atoms with Gasteiger partial charge < -0.3 is 18.9 Å². The van der Waals surface area contributed by atoms with Gasteiger partial charge in [-0.1, -0.05) is 5.16 Å². The Morgan fingerprint density at radius 2 is 1.87 bits per heavy atom. The van der Waals surface area contributed by atoms with E-state index in [0.717, 1.165) is 0 Å². The zero-order chi connectivity index (χ0) is 21.1. The topological polar surface area (TPSA) is 102 Å². The number of benzene rings is 1. The van der Waals surface area contributed by atoms with E-state index in [1.54, 1.807) is 24.3 Å². The summed E-state index contributed by atoms with van der Waals surface area (Å²) in [5, 5.41) is 3.68. The van der Waals surface area contributed by atoms with Crippen LogP contribution in [0.1, 0.15) is 12.8 Å². The van der Waals surface area contributed by atoms with Crippen LogP contribution in [-0.4, -0.2) is 75.2 Å². The average molecular weight is 436 g/mol.